The molecule has 0 spiro atoms. The van der Waals surface area contributed by atoms with Crippen molar-refractivity contribution in [2.75, 3.05) is 5.43 Å². The van der Waals surface area contributed by atoms with E-state index in [1.54, 1.807) is 18.2 Å². The van der Waals surface area contributed by atoms with E-state index in [0.29, 0.717) is 15.7 Å². The van der Waals surface area contributed by atoms with Gasteiger partial charge in [0.1, 0.15) is 5.67 Å². The Kier molecular flexibility index (Phi) is 4.19. The molecule has 1 aliphatic carbocycles. The Labute approximate surface area is 122 Å². The number of nitrogens with one attached hydrogen (secondary N) is 1. The number of hydrogen-bond donors (Lipinski definition) is 2. The number of anilines is 1. The van der Waals surface area contributed by atoms with Crippen molar-refractivity contribution in [3.05, 3.63) is 51.5 Å². The molecule has 1 aromatic carbocycles. The highest BCUT2D eigenvalue weighted by Gasteiger charge is 2.29. The molecule has 1 atom stereocenters. The summed E-state index contributed by atoms with van der Waals surface area (Å²) in [5, 5.41) is 1.08. The molecule has 5 heteroatoms. The first-order valence-electron chi connectivity index (χ1n) is 5.93. The van der Waals surface area contributed by atoms with Crippen LogP contribution < -0.4 is 11.3 Å². The highest BCUT2D eigenvalue weighted by molar-refractivity contribution is 6.32. The monoisotopic (exact) mass is 300 g/mol. The van der Waals surface area contributed by atoms with Gasteiger partial charge < -0.3 is 5.43 Å². The van der Waals surface area contributed by atoms with Gasteiger partial charge in [-0.05, 0) is 42.3 Å². The highest BCUT2D eigenvalue weighted by Crippen LogP contribution is 2.34. The second kappa shape index (κ2) is 5.53. The van der Waals surface area contributed by atoms with Crippen molar-refractivity contribution in [1.82, 2.24) is 0 Å². The zero-order chi connectivity index (χ0) is 14.0. The molecule has 0 bridgehead atoms. The normalized spacial score (nSPS) is 22.3. The number of aryl methyl sites for hydroxylation is 1. The van der Waals surface area contributed by atoms with Crippen molar-refractivity contribution in [3.63, 3.8) is 0 Å². The molecule has 0 aromatic heterocycles. The van der Waals surface area contributed by atoms with Gasteiger partial charge in [-0.25, -0.2) is 4.39 Å². The summed E-state index contributed by atoms with van der Waals surface area (Å²) >= 11 is 12.0. The molecular weight excluding hydrogens is 286 g/mol. The van der Waals surface area contributed by atoms with Crippen LogP contribution in [0.3, 0.4) is 0 Å². The van der Waals surface area contributed by atoms with E-state index in [-0.39, 0.29) is 12.8 Å². The van der Waals surface area contributed by atoms with Crippen LogP contribution in [0.1, 0.15) is 17.5 Å². The lowest BCUT2D eigenvalue weighted by Gasteiger charge is -2.24. The SMILES string of the molecule is Cc1cc(NN)cc(Cl)c1CC1(F)C=CC(Cl)=CC1. The summed E-state index contributed by atoms with van der Waals surface area (Å²) in [5.74, 6) is 5.35. The van der Waals surface area contributed by atoms with Crippen molar-refractivity contribution in [2.45, 2.75) is 25.4 Å². The number of halogens is 3. The molecule has 0 fully saturated rings. The molecule has 0 radical (unpaired) electrons. The quantitative estimate of drug-likeness (QED) is 0.646. The Morgan fingerprint density at radius 2 is 2.16 bits per heavy atom. The number of nitrogens with two attached hydrogens (primary N) is 1. The summed E-state index contributed by atoms with van der Waals surface area (Å²) in [6, 6.07) is 3.54. The largest absolute Gasteiger partial charge is 0.324 e. The Hall–Kier alpha value is -1.03. The lowest BCUT2D eigenvalue weighted by Crippen LogP contribution is -2.24. The van der Waals surface area contributed by atoms with E-state index in [1.807, 2.05) is 13.0 Å². The molecule has 102 valence electrons. The standard InChI is InChI=1S/C14H15Cl2FN2/c1-9-6-11(19-18)7-13(16)12(9)8-14(17)4-2-10(15)3-5-14/h2-4,6-7,19H,5,8,18H2,1H3. The number of allylic oxidation sites excluding steroid dienone is 4. The van der Waals surface area contributed by atoms with E-state index in [1.165, 1.54) is 6.08 Å². The number of benzene rings is 1. The summed E-state index contributed by atoms with van der Waals surface area (Å²) in [4.78, 5) is 0. The number of hydrazine groups is 1. The van der Waals surface area contributed by atoms with Crippen molar-refractivity contribution in [2.24, 2.45) is 5.84 Å². The molecular formula is C14H15Cl2FN2. The highest BCUT2D eigenvalue weighted by atomic mass is 35.5. The number of hydrogen-bond acceptors (Lipinski definition) is 2. The molecule has 0 saturated carbocycles. The van der Waals surface area contributed by atoms with Crippen LogP contribution in [0.5, 0.6) is 0 Å². The molecule has 0 heterocycles. The van der Waals surface area contributed by atoms with Gasteiger partial charge in [-0.15, -0.1) is 0 Å². The summed E-state index contributed by atoms with van der Waals surface area (Å²) < 4.78 is 14.7. The van der Waals surface area contributed by atoms with Crippen LogP contribution in [0, 0.1) is 6.92 Å². The average molecular weight is 301 g/mol. The van der Waals surface area contributed by atoms with E-state index < -0.39 is 5.67 Å². The Balaban J connectivity index is 2.27. The maximum atomic E-state index is 14.7. The van der Waals surface area contributed by atoms with Crippen LogP contribution in [0.15, 0.2) is 35.4 Å². The summed E-state index contributed by atoms with van der Waals surface area (Å²) in [6.07, 6.45) is 5.25. The molecule has 0 saturated heterocycles. The van der Waals surface area contributed by atoms with E-state index >= 15 is 0 Å². The predicted molar refractivity (Wildman–Crippen MR) is 79.2 cm³/mol. The van der Waals surface area contributed by atoms with Crippen LogP contribution in [-0.4, -0.2) is 5.67 Å². The Morgan fingerprint density at radius 3 is 2.68 bits per heavy atom. The first kappa shape index (κ1) is 14.4. The fraction of sp³-hybridized carbons (Fsp3) is 0.286. The summed E-state index contributed by atoms with van der Waals surface area (Å²) in [7, 11) is 0. The Bertz CT molecular complexity index is 531. The van der Waals surface area contributed by atoms with Gasteiger partial charge in [-0.3, -0.25) is 5.84 Å². The van der Waals surface area contributed by atoms with Crippen molar-refractivity contribution in [3.8, 4) is 0 Å². The van der Waals surface area contributed by atoms with Crippen LogP contribution in [0.25, 0.3) is 0 Å². The van der Waals surface area contributed by atoms with Crippen molar-refractivity contribution < 1.29 is 4.39 Å². The van der Waals surface area contributed by atoms with Gasteiger partial charge in [0.05, 0.1) is 5.69 Å². The van der Waals surface area contributed by atoms with Crippen molar-refractivity contribution in [1.29, 1.82) is 0 Å². The molecule has 1 aromatic rings. The minimum atomic E-state index is -1.44. The van der Waals surface area contributed by atoms with Crippen molar-refractivity contribution >= 4 is 28.9 Å². The fourth-order valence-electron chi connectivity index (χ4n) is 2.14. The molecule has 1 aliphatic rings. The lowest BCUT2D eigenvalue weighted by atomic mass is 9.88. The molecule has 1 unspecified atom stereocenters. The van der Waals surface area contributed by atoms with E-state index in [9.17, 15) is 4.39 Å². The van der Waals surface area contributed by atoms with Gasteiger partial charge in [-0.2, -0.15) is 0 Å². The summed E-state index contributed by atoms with van der Waals surface area (Å²) in [6.45, 7) is 1.89. The van der Waals surface area contributed by atoms with Gasteiger partial charge in [0.2, 0.25) is 0 Å². The zero-order valence-corrected chi connectivity index (χ0v) is 12.0. The summed E-state index contributed by atoms with van der Waals surface area (Å²) in [5.41, 5.74) is 3.50. The smallest absolute Gasteiger partial charge is 0.137 e. The maximum absolute atomic E-state index is 14.7. The topological polar surface area (TPSA) is 38.0 Å². The minimum absolute atomic E-state index is 0.222. The number of alkyl halides is 1. The van der Waals surface area contributed by atoms with Gasteiger partial charge in [0.15, 0.2) is 0 Å². The van der Waals surface area contributed by atoms with Gasteiger partial charge in [0.25, 0.3) is 0 Å². The number of nitrogen functional groups attached to an aromatic ring is 1. The number of rotatable bonds is 3. The second-order valence-electron chi connectivity index (χ2n) is 4.74. The second-order valence-corrected chi connectivity index (χ2v) is 5.58. The van der Waals surface area contributed by atoms with Gasteiger partial charge in [-0.1, -0.05) is 29.3 Å². The Morgan fingerprint density at radius 1 is 1.42 bits per heavy atom. The third-order valence-corrected chi connectivity index (χ3v) is 3.85. The predicted octanol–water partition coefficient (Wildman–Crippen LogP) is 4.27. The molecule has 2 rings (SSSR count). The first-order chi connectivity index (χ1) is 8.93. The van der Waals surface area contributed by atoms with Gasteiger partial charge >= 0.3 is 0 Å². The molecule has 19 heavy (non-hydrogen) atoms. The third kappa shape index (κ3) is 3.30. The lowest BCUT2D eigenvalue weighted by molar-refractivity contribution is 0.230. The zero-order valence-electron chi connectivity index (χ0n) is 10.5. The maximum Gasteiger partial charge on any atom is 0.137 e. The average Bonchev–Trinajstić information content (AvgIpc) is 2.38. The minimum Gasteiger partial charge on any atom is -0.324 e. The molecule has 0 aliphatic heterocycles. The third-order valence-electron chi connectivity index (χ3n) is 3.23. The van der Waals surface area contributed by atoms with E-state index in [2.05, 4.69) is 5.43 Å². The first-order valence-corrected chi connectivity index (χ1v) is 6.68. The van der Waals surface area contributed by atoms with Gasteiger partial charge in [0, 0.05) is 22.9 Å². The fourth-order valence-corrected chi connectivity index (χ4v) is 2.61. The molecule has 0 amide bonds. The van der Waals surface area contributed by atoms with E-state index in [4.69, 9.17) is 29.0 Å². The molecule has 2 nitrogen and oxygen atoms in total. The van der Waals surface area contributed by atoms with Crippen LogP contribution in [-0.2, 0) is 6.42 Å². The molecule has 3 N–H and O–H groups in total. The van der Waals surface area contributed by atoms with Crippen LogP contribution in [0.2, 0.25) is 5.02 Å². The van der Waals surface area contributed by atoms with Crippen LogP contribution in [0.4, 0.5) is 10.1 Å². The van der Waals surface area contributed by atoms with Crippen LogP contribution >= 0.6 is 23.2 Å². The van der Waals surface area contributed by atoms with E-state index in [0.717, 1.165) is 11.1 Å².